The number of guanidine groups is 1. The lowest BCUT2D eigenvalue weighted by Crippen LogP contribution is -2.30. The first-order valence-electron chi connectivity index (χ1n) is 9.76. The van der Waals surface area contributed by atoms with E-state index in [1.54, 1.807) is 14.2 Å². The highest BCUT2D eigenvalue weighted by atomic mass is 127. The Morgan fingerprint density at radius 3 is 2.53 bits per heavy atom. The number of rotatable bonds is 9. The molecule has 0 aliphatic heterocycles. The topological polar surface area (TPSA) is 84.0 Å². The number of carbonyl (C=O) groups excluding carboxylic acids is 1. The van der Waals surface area contributed by atoms with Crippen molar-refractivity contribution in [2.75, 3.05) is 32.6 Å². The van der Waals surface area contributed by atoms with E-state index in [0.29, 0.717) is 42.7 Å². The lowest BCUT2D eigenvalue weighted by Gasteiger charge is -2.15. The van der Waals surface area contributed by atoms with Gasteiger partial charge in [0.05, 0.1) is 13.7 Å². The molecular formula is C22H31IN4O3. The summed E-state index contributed by atoms with van der Waals surface area (Å²) in [7, 11) is 3.31. The maximum Gasteiger partial charge on any atom is 0.251 e. The second kappa shape index (κ2) is 13.7. The third-order valence-electron chi connectivity index (χ3n) is 4.13. The summed E-state index contributed by atoms with van der Waals surface area (Å²) in [6.45, 7) is 5.73. The molecule has 0 spiro atoms. The fourth-order valence-corrected chi connectivity index (χ4v) is 2.68. The zero-order valence-corrected chi connectivity index (χ0v) is 20.3. The normalized spacial score (nSPS) is 10.6. The molecule has 0 unspecified atom stereocenters. The Hall–Kier alpha value is -2.49. The molecule has 1 amide bonds. The Morgan fingerprint density at radius 1 is 1.07 bits per heavy atom. The predicted octanol–water partition coefficient (Wildman–Crippen LogP) is 4.04. The van der Waals surface area contributed by atoms with E-state index in [1.165, 1.54) is 0 Å². The molecule has 0 heterocycles. The van der Waals surface area contributed by atoms with Gasteiger partial charge in [-0.15, -0.1) is 24.0 Å². The van der Waals surface area contributed by atoms with Crippen LogP contribution in [0.5, 0.6) is 11.5 Å². The number of nitrogens with one attached hydrogen (secondary N) is 3. The van der Waals surface area contributed by atoms with Gasteiger partial charge in [0.1, 0.15) is 0 Å². The number of amides is 1. The molecule has 3 N–H and O–H groups in total. The maximum absolute atomic E-state index is 12.1. The Balaban J connectivity index is 0.00000450. The standard InChI is InChI=1S/C22H30N4O3.HI/c1-5-12-24-21(27)17-9-7-8-16(13-17)15-25-22(23-3)26-18-10-11-19(29-6-2)20(14-18)28-4;/h7-11,13-14H,5-6,12,15H2,1-4H3,(H,24,27)(H2,23,25,26);1H. The minimum atomic E-state index is -0.0577. The zero-order chi connectivity index (χ0) is 21.1. The lowest BCUT2D eigenvalue weighted by molar-refractivity contribution is 0.0953. The fourth-order valence-electron chi connectivity index (χ4n) is 2.68. The van der Waals surface area contributed by atoms with Crippen LogP contribution < -0.4 is 25.4 Å². The third kappa shape index (κ3) is 7.74. The molecule has 7 nitrogen and oxygen atoms in total. The zero-order valence-electron chi connectivity index (χ0n) is 18.0. The summed E-state index contributed by atoms with van der Waals surface area (Å²) in [5, 5.41) is 9.38. The number of ether oxygens (including phenoxy) is 2. The number of nitrogens with zero attached hydrogens (tertiary/aromatic N) is 1. The highest BCUT2D eigenvalue weighted by Crippen LogP contribution is 2.30. The van der Waals surface area contributed by atoms with Gasteiger partial charge in [-0.3, -0.25) is 9.79 Å². The highest BCUT2D eigenvalue weighted by molar-refractivity contribution is 14.0. The molecule has 2 rings (SSSR count). The summed E-state index contributed by atoms with van der Waals surface area (Å²) < 4.78 is 10.9. The molecule has 0 atom stereocenters. The van der Waals surface area contributed by atoms with E-state index in [4.69, 9.17) is 9.47 Å². The van der Waals surface area contributed by atoms with Crippen molar-refractivity contribution in [3.63, 3.8) is 0 Å². The quantitative estimate of drug-likeness (QED) is 0.261. The summed E-state index contributed by atoms with van der Waals surface area (Å²) in [6, 6.07) is 13.2. The van der Waals surface area contributed by atoms with Crippen LogP contribution in [0.1, 0.15) is 36.2 Å². The molecule has 164 valence electrons. The molecule has 0 fully saturated rings. The van der Waals surface area contributed by atoms with Crippen LogP contribution in [0.25, 0.3) is 0 Å². The minimum Gasteiger partial charge on any atom is -0.493 e. The van der Waals surface area contributed by atoms with Crippen LogP contribution in [-0.2, 0) is 6.54 Å². The van der Waals surface area contributed by atoms with Crippen LogP contribution in [0.2, 0.25) is 0 Å². The van der Waals surface area contributed by atoms with Gasteiger partial charge in [-0.25, -0.2) is 0 Å². The SMILES string of the molecule is CCCNC(=O)c1cccc(CNC(=NC)Nc2ccc(OCC)c(OC)c2)c1.I. The second-order valence-corrected chi connectivity index (χ2v) is 6.31. The number of methoxy groups -OCH3 is 1. The van der Waals surface area contributed by atoms with Crippen molar-refractivity contribution < 1.29 is 14.3 Å². The minimum absolute atomic E-state index is 0. The maximum atomic E-state index is 12.1. The first-order chi connectivity index (χ1) is 14.1. The van der Waals surface area contributed by atoms with Crippen molar-refractivity contribution in [1.82, 2.24) is 10.6 Å². The fraction of sp³-hybridized carbons (Fsp3) is 0.364. The van der Waals surface area contributed by atoms with Gasteiger partial charge < -0.3 is 25.4 Å². The van der Waals surface area contributed by atoms with Crippen molar-refractivity contribution in [3.05, 3.63) is 53.6 Å². The molecular weight excluding hydrogens is 495 g/mol. The van der Waals surface area contributed by atoms with Gasteiger partial charge in [-0.05, 0) is 43.2 Å². The van der Waals surface area contributed by atoms with Crippen molar-refractivity contribution in [2.24, 2.45) is 4.99 Å². The molecule has 0 radical (unpaired) electrons. The summed E-state index contributed by atoms with van der Waals surface area (Å²) in [4.78, 5) is 16.4. The van der Waals surface area contributed by atoms with E-state index in [0.717, 1.165) is 17.7 Å². The molecule has 0 aromatic heterocycles. The van der Waals surface area contributed by atoms with Crippen molar-refractivity contribution in [1.29, 1.82) is 0 Å². The number of hydrogen-bond acceptors (Lipinski definition) is 4. The summed E-state index contributed by atoms with van der Waals surface area (Å²) in [5.74, 6) is 1.90. The van der Waals surface area contributed by atoms with Crippen LogP contribution >= 0.6 is 24.0 Å². The third-order valence-corrected chi connectivity index (χ3v) is 4.13. The smallest absolute Gasteiger partial charge is 0.251 e. The van der Waals surface area contributed by atoms with Gasteiger partial charge in [0.25, 0.3) is 5.91 Å². The monoisotopic (exact) mass is 526 g/mol. The van der Waals surface area contributed by atoms with Crippen LogP contribution in [0, 0.1) is 0 Å². The van der Waals surface area contributed by atoms with Gasteiger partial charge in [-0.1, -0.05) is 19.1 Å². The summed E-state index contributed by atoms with van der Waals surface area (Å²) in [5.41, 5.74) is 2.46. The van der Waals surface area contributed by atoms with Crippen LogP contribution in [0.4, 0.5) is 5.69 Å². The van der Waals surface area contributed by atoms with Crippen LogP contribution in [-0.4, -0.2) is 39.2 Å². The lowest BCUT2D eigenvalue weighted by atomic mass is 10.1. The molecule has 0 aliphatic rings. The summed E-state index contributed by atoms with van der Waals surface area (Å²) >= 11 is 0. The highest BCUT2D eigenvalue weighted by Gasteiger charge is 2.08. The van der Waals surface area contributed by atoms with Crippen molar-refractivity contribution in [2.45, 2.75) is 26.8 Å². The molecule has 0 bridgehead atoms. The molecule has 0 aliphatic carbocycles. The van der Waals surface area contributed by atoms with E-state index in [2.05, 4.69) is 20.9 Å². The van der Waals surface area contributed by atoms with Gasteiger partial charge in [0, 0.05) is 37.5 Å². The predicted molar refractivity (Wildman–Crippen MR) is 132 cm³/mol. The first kappa shape index (κ1) is 25.5. The molecule has 2 aromatic rings. The van der Waals surface area contributed by atoms with E-state index in [9.17, 15) is 4.79 Å². The number of carbonyl (C=O) groups is 1. The van der Waals surface area contributed by atoms with Crippen LogP contribution in [0.3, 0.4) is 0 Å². The van der Waals surface area contributed by atoms with Gasteiger partial charge in [0.15, 0.2) is 17.5 Å². The first-order valence-corrected chi connectivity index (χ1v) is 9.76. The number of anilines is 1. The van der Waals surface area contributed by atoms with E-state index in [-0.39, 0.29) is 29.9 Å². The van der Waals surface area contributed by atoms with Gasteiger partial charge in [-0.2, -0.15) is 0 Å². The molecule has 0 saturated heterocycles. The number of aliphatic imine (C=N–C) groups is 1. The van der Waals surface area contributed by atoms with Crippen molar-refractivity contribution >= 4 is 41.5 Å². The average molecular weight is 526 g/mol. The van der Waals surface area contributed by atoms with E-state index in [1.807, 2.05) is 56.3 Å². The number of hydrogen-bond donors (Lipinski definition) is 3. The molecule has 0 saturated carbocycles. The number of benzene rings is 2. The van der Waals surface area contributed by atoms with E-state index >= 15 is 0 Å². The van der Waals surface area contributed by atoms with E-state index < -0.39 is 0 Å². The summed E-state index contributed by atoms with van der Waals surface area (Å²) in [6.07, 6.45) is 0.908. The van der Waals surface area contributed by atoms with Crippen molar-refractivity contribution in [3.8, 4) is 11.5 Å². The Kier molecular flexibility index (Phi) is 11.7. The molecule has 30 heavy (non-hydrogen) atoms. The Morgan fingerprint density at radius 2 is 1.87 bits per heavy atom. The second-order valence-electron chi connectivity index (χ2n) is 6.31. The molecule has 8 heteroatoms. The van der Waals surface area contributed by atoms with Gasteiger partial charge in [0.2, 0.25) is 0 Å². The number of halogens is 1. The Labute approximate surface area is 195 Å². The largest absolute Gasteiger partial charge is 0.493 e. The molecule has 2 aromatic carbocycles. The Bertz CT molecular complexity index is 843. The van der Waals surface area contributed by atoms with Crippen LogP contribution in [0.15, 0.2) is 47.5 Å². The average Bonchev–Trinajstić information content (AvgIpc) is 2.76. The van der Waals surface area contributed by atoms with Gasteiger partial charge >= 0.3 is 0 Å².